The van der Waals surface area contributed by atoms with Crippen molar-refractivity contribution in [3.8, 4) is 0 Å². The first-order valence-electron chi connectivity index (χ1n) is 7.29. The second kappa shape index (κ2) is 6.55. The minimum atomic E-state index is -0.789. The molecule has 0 radical (unpaired) electrons. The molecule has 2 N–H and O–H groups in total. The molecule has 1 saturated heterocycles. The lowest BCUT2D eigenvalue weighted by molar-refractivity contribution is -0.137. The Kier molecular flexibility index (Phi) is 5.18. The molecule has 1 heterocycles. The maximum atomic E-state index is 12.1. The van der Waals surface area contributed by atoms with Crippen LogP contribution in [0.1, 0.15) is 32.3 Å². The predicted molar refractivity (Wildman–Crippen MR) is 87.7 cm³/mol. The van der Waals surface area contributed by atoms with Crippen LogP contribution in [0.2, 0.25) is 10.0 Å². The number of nitrogens with two attached hydrogens (primary N) is 1. The molecule has 116 valence electrons. The van der Waals surface area contributed by atoms with Gasteiger partial charge in [0.1, 0.15) is 0 Å². The van der Waals surface area contributed by atoms with E-state index < -0.39 is 5.54 Å². The number of nitrogens with zero attached hydrogens (tertiary/aromatic N) is 1. The summed E-state index contributed by atoms with van der Waals surface area (Å²) in [7, 11) is 0. The van der Waals surface area contributed by atoms with E-state index >= 15 is 0 Å². The first-order chi connectivity index (χ1) is 9.77. The predicted octanol–water partition coefficient (Wildman–Crippen LogP) is 3.51. The van der Waals surface area contributed by atoms with Crippen LogP contribution in [-0.4, -0.2) is 29.4 Å². The van der Waals surface area contributed by atoms with E-state index in [9.17, 15) is 4.79 Å². The van der Waals surface area contributed by atoms with Crippen molar-refractivity contribution < 1.29 is 4.79 Å². The molecule has 0 aromatic heterocycles. The van der Waals surface area contributed by atoms with E-state index in [0.29, 0.717) is 10.9 Å². The molecule has 3 nitrogen and oxygen atoms in total. The summed E-state index contributed by atoms with van der Waals surface area (Å²) in [5.41, 5.74) is 6.18. The zero-order valence-corrected chi connectivity index (χ0v) is 14.0. The summed E-state index contributed by atoms with van der Waals surface area (Å²) in [6.45, 7) is 5.05. The first-order valence-corrected chi connectivity index (χ1v) is 8.05. The molecule has 2 rings (SSSR count). The Labute approximate surface area is 136 Å². The number of carbonyl (C=O) groups excluding carboxylic acids is 1. The van der Waals surface area contributed by atoms with Gasteiger partial charge in [0, 0.05) is 23.1 Å². The van der Waals surface area contributed by atoms with E-state index in [2.05, 4.69) is 0 Å². The van der Waals surface area contributed by atoms with Crippen molar-refractivity contribution in [1.29, 1.82) is 0 Å². The monoisotopic (exact) mass is 328 g/mol. The van der Waals surface area contributed by atoms with Crippen LogP contribution in [0.4, 0.5) is 0 Å². The van der Waals surface area contributed by atoms with Gasteiger partial charge >= 0.3 is 0 Å². The molecule has 0 aliphatic carbocycles. The van der Waals surface area contributed by atoms with Gasteiger partial charge in [-0.2, -0.15) is 0 Å². The number of halogens is 2. The van der Waals surface area contributed by atoms with Crippen LogP contribution < -0.4 is 5.73 Å². The third-order valence-corrected chi connectivity index (χ3v) is 4.57. The quantitative estimate of drug-likeness (QED) is 0.922. The number of benzene rings is 1. The lowest BCUT2D eigenvalue weighted by atomic mass is 9.89. The molecule has 0 spiro atoms. The van der Waals surface area contributed by atoms with Crippen molar-refractivity contribution in [2.24, 2.45) is 11.7 Å². The van der Waals surface area contributed by atoms with Crippen LogP contribution in [0.3, 0.4) is 0 Å². The van der Waals surface area contributed by atoms with Gasteiger partial charge in [0.15, 0.2) is 0 Å². The fourth-order valence-electron chi connectivity index (χ4n) is 2.76. The van der Waals surface area contributed by atoms with Crippen molar-refractivity contribution in [3.63, 3.8) is 0 Å². The van der Waals surface area contributed by atoms with E-state index in [4.69, 9.17) is 28.9 Å². The molecule has 0 bridgehead atoms. The summed E-state index contributed by atoms with van der Waals surface area (Å²) < 4.78 is 0. The normalized spacial score (nSPS) is 17.1. The highest BCUT2D eigenvalue weighted by Gasteiger charge is 2.30. The van der Waals surface area contributed by atoms with Crippen molar-refractivity contribution in [2.75, 3.05) is 13.1 Å². The van der Waals surface area contributed by atoms with Gasteiger partial charge in [-0.1, -0.05) is 23.2 Å². The number of amides is 1. The summed E-state index contributed by atoms with van der Waals surface area (Å²) in [4.78, 5) is 14.0. The number of hydrogen-bond donors (Lipinski definition) is 1. The third-order valence-electron chi connectivity index (χ3n) is 3.97. The molecule has 21 heavy (non-hydrogen) atoms. The SMILES string of the molecule is CC(C)(N)C(=O)N1CCC(Cc2cc(Cl)ccc2Cl)CC1. The average molecular weight is 329 g/mol. The highest BCUT2D eigenvalue weighted by atomic mass is 35.5. The number of likely N-dealkylation sites (tertiary alicyclic amines) is 1. The van der Waals surface area contributed by atoms with E-state index in [1.165, 1.54) is 0 Å². The van der Waals surface area contributed by atoms with E-state index in [1.807, 2.05) is 17.0 Å². The molecule has 0 atom stereocenters. The van der Waals surface area contributed by atoms with E-state index in [-0.39, 0.29) is 5.91 Å². The fourth-order valence-corrected chi connectivity index (χ4v) is 3.15. The van der Waals surface area contributed by atoms with E-state index in [1.54, 1.807) is 19.9 Å². The third kappa shape index (κ3) is 4.35. The van der Waals surface area contributed by atoms with Crippen LogP contribution >= 0.6 is 23.2 Å². The summed E-state index contributed by atoms with van der Waals surface area (Å²) in [6.07, 6.45) is 2.86. The fraction of sp³-hybridized carbons (Fsp3) is 0.562. The number of carbonyl (C=O) groups is 1. The van der Waals surface area contributed by atoms with Gasteiger partial charge in [-0.15, -0.1) is 0 Å². The van der Waals surface area contributed by atoms with E-state index in [0.717, 1.165) is 42.9 Å². The number of rotatable bonds is 3. The maximum Gasteiger partial charge on any atom is 0.242 e. The highest BCUT2D eigenvalue weighted by Crippen LogP contribution is 2.28. The van der Waals surface area contributed by atoms with Crippen molar-refractivity contribution in [2.45, 2.75) is 38.6 Å². The van der Waals surface area contributed by atoms with Crippen LogP contribution in [0.25, 0.3) is 0 Å². The molecule has 1 fully saturated rings. The zero-order valence-electron chi connectivity index (χ0n) is 12.5. The van der Waals surface area contributed by atoms with Crippen molar-refractivity contribution in [3.05, 3.63) is 33.8 Å². The Morgan fingerprint density at radius 1 is 1.33 bits per heavy atom. The highest BCUT2D eigenvalue weighted by molar-refractivity contribution is 6.33. The molecule has 1 aromatic rings. The van der Waals surface area contributed by atoms with Gasteiger partial charge in [-0.3, -0.25) is 4.79 Å². The Bertz CT molecular complexity index is 517. The van der Waals surface area contributed by atoms with Crippen LogP contribution in [0, 0.1) is 5.92 Å². The Hall–Kier alpha value is -0.770. The molecule has 1 amide bonds. The van der Waals surface area contributed by atoms with Gasteiger partial charge in [0.25, 0.3) is 0 Å². The van der Waals surface area contributed by atoms with Gasteiger partial charge in [0.05, 0.1) is 5.54 Å². The molecule has 0 unspecified atom stereocenters. The largest absolute Gasteiger partial charge is 0.341 e. The molecular formula is C16H22Cl2N2O. The molecule has 0 saturated carbocycles. The molecular weight excluding hydrogens is 307 g/mol. The van der Waals surface area contributed by atoms with Gasteiger partial charge in [-0.05, 0) is 62.8 Å². The van der Waals surface area contributed by atoms with Gasteiger partial charge in [-0.25, -0.2) is 0 Å². The summed E-state index contributed by atoms with van der Waals surface area (Å²) >= 11 is 12.2. The summed E-state index contributed by atoms with van der Waals surface area (Å²) in [5, 5.41) is 1.48. The summed E-state index contributed by atoms with van der Waals surface area (Å²) in [6, 6.07) is 5.58. The summed E-state index contributed by atoms with van der Waals surface area (Å²) in [5.74, 6) is 0.563. The molecule has 1 aliphatic rings. The smallest absolute Gasteiger partial charge is 0.242 e. The average Bonchev–Trinajstić information content (AvgIpc) is 2.42. The van der Waals surface area contributed by atoms with Crippen molar-refractivity contribution in [1.82, 2.24) is 4.90 Å². The van der Waals surface area contributed by atoms with Crippen LogP contribution in [-0.2, 0) is 11.2 Å². The lowest BCUT2D eigenvalue weighted by Crippen LogP contribution is -2.53. The minimum Gasteiger partial charge on any atom is -0.341 e. The second-order valence-corrected chi connectivity index (χ2v) is 7.24. The van der Waals surface area contributed by atoms with Gasteiger partial charge < -0.3 is 10.6 Å². The van der Waals surface area contributed by atoms with Crippen LogP contribution in [0.5, 0.6) is 0 Å². The lowest BCUT2D eigenvalue weighted by Gasteiger charge is -2.35. The second-order valence-electron chi connectivity index (χ2n) is 6.40. The standard InChI is InChI=1S/C16H22Cl2N2O/c1-16(2,19)15(21)20-7-5-11(6-8-20)9-12-10-13(17)3-4-14(12)18/h3-4,10-11H,5-9,19H2,1-2H3. The molecule has 1 aliphatic heterocycles. The topological polar surface area (TPSA) is 46.3 Å². The number of piperidine rings is 1. The minimum absolute atomic E-state index is 0.0294. The first kappa shape index (κ1) is 16.6. The van der Waals surface area contributed by atoms with Crippen molar-refractivity contribution >= 4 is 29.1 Å². The van der Waals surface area contributed by atoms with Gasteiger partial charge in [0.2, 0.25) is 5.91 Å². The maximum absolute atomic E-state index is 12.1. The number of hydrogen-bond acceptors (Lipinski definition) is 2. The molecule has 5 heteroatoms. The van der Waals surface area contributed by atoms with Crippen LogP contribution in [0.15, 0.2) is 18.2 Å². The Morgan fingerprint density at radius 3 is 2.52 bits per heavy atom. The molecule has 1 aromatic carbocycles. The Morgan fingerprint density at radius 2 is 1.95 bits per heavy atom. The Balaban J connectivity index is 1.93. The zero-order chi connectivity index (χ0) is 15.6.